The van der Waals surface area contributed by atoms with Crippen molar-refractivity contribution in [2.75, 3.05) is 19.0 Å². The van der Waals surface area contributed by atoms with E-state index in [1.165, 1.54) is 13.2 Å². The van der Waals surface area contributed by atoms with Gasteiger partial charge in [0.1, 0.15) is 0 Å². The lowest BCUT2D eigenvalue weighted by molar-refractivity contribution is -0.118. The maximum absolute atomic E-state index is 12.5. The highest BCUT2D eigenvalue weighted by molar-refractivity contribution is 6.07. The molecule has 0 atom stereocenters. The SMILES string of the molecule is CCn1cc(C(=O)/C=C/c2ccc(OCC(=O)Nc3ccccc3C)c(OC)c2)c(C)n1. The summed E-state index contributed by atoms with van der Waals surface area (Å²) in [6.45, 7) is 6.27. The summed E-state index contributed by atoms with van der Waals surface area (Å²) in [6, 6.07) is 12.8. The first-order chi connectivity index (χ1) is 15.4. The summed E-state index contributed by atoms with van der Waals surface area (Å²) >= 11 is 0. The zero-order valence-corrected chi connectivity index (χ0v) is 18.7. The molecule has 3 rings (SSSR count). The molecule has 3 aromatic rings. The molecule has 2 aromatic carbocycles. The van der Waals surface area contributed by atoms with Gasteiger partial charge < -0.3 is 14.8 Å². The maximum Gasteiger partial charge on any atom is 0.262 e. The quantitative estimate of drug-likeness (QED) is 0.398. The third kappa shape index (κ3) is 5.63. The minimum absolute atomic E-state index is 0.116. The van der Waals surface area contributed by atoms with Gasteiger partial charge in [-0.3, -0.25) is 14.3 Å². The molecule has 1 aromatic heterocycles. The number of nitrogens with one attached hydrogen (secondary N) is 1. The Hall–Kier alpha value is -3.87. The van der Waals surface area contributed by atoms with E-state index in [1.54, 1.807) is 35.2 Å². The Morgan fingerprint density at radius 3 is 2.59 bits per heavy atom. The highest BCUT2D eigenvalue weighted by Gasteiger charge is 2.12. The van der Waals surface area contributed by atoms with Crippen LogP contribution in [0.25, 0.3) is 6.08 Å². The average molecular weight is 434 g/mol. The third-order valence-electron chi connectivity index (χ3n) is 4.93. The molecule has 166 valence electrons. The van der Waals surface area contributed by atoms with Gasteiger partial charge in [0.2, 0.25) is 0 Å². The Morgan fingerprint density at radius 1 is 1.12 bits per heavy atom. The normalized spacial score (nSPS) is 10.9. The number of nitrogens with zero attached hydrogens (tertiary/aromatic N) is 2. The molecule has 0 aliphatic heterocycles. The van der Waals surface area contributed by atoms with Gasteiger partial charge in [0, 0.05) is 18.4 Å². The second-order valence-corrected chi connectivity index (χ2v) is 7.24. The summed E-state index contributed by atoms with van der Waals surface area (Å²) in [4.78, 5) is 24.7. The van der Waals surface area contributed by atoms with Gasteiger partial charge in [-0.05, 0) is 56.2 Å². The zero-order chi connectivity index (χ0) is 23.1. The number of carbonyl (C=O) groups excluding carboxylic acids is 2. The van der Waals surface area contributed by atoms with Crippen molar-refractivity contribution < 1.29 is 19.1 Å². The lowest BCUT2D eigenvalue weighted by Crippen LogP contribution is -2.20. The highest BCUT2D eigenvalue weighted by atomic mass is 16.5. The molecule has 0 aliphatic carbocycles. The van der Waals surface area contributed by atoms with E-state index in [9.17, 15) is 9.59 Å². The highest BCUT2D eigenvalue weighted by Crippen LogP contribution is 2.28. The van der Waals surface area contributed by atoms with Crippen LogP contribution in [0.1, 0.15) is 34.1 Å². The number of para-hydroxylation sites is 1. The van der Waals surface area contributed by atoms with Crippen molar-refractivity contribution in [2.45, 2.75) is 27.3 Å². The molecule has 0 fully saturated rings. The molecular formula is C25H27N3O4. The third-order valence-corrected chi connectivity index (χ3v) is 4.93. The molecule has 0 unspecified atom stereocenters. The van der Waals surface area contributed by atoms with Gasteiger partial charge in [0.15, 0.2) is 23.9 Å². The number of ketones is 1. The number of hydrogen-bond donors (Lipinski definition) is 1. The summed E-state index contributed by atoms with van der Waals surface area (Å²) in [6.07, 6.45) is 4.97. The van der Waals surface area contributed by atoms with Crippen LogP contribution in [-0.2, 0) is 11.3 Å². The first-order valence-corrected chi connectivity index (χ1v) is 10.3. The monoisotopic (exact) mass is 433 g/mol. The van der Waals surface area contributed by atoms with Crippen LogP contribution in [0.3, 0.4) is 0 Å². The predicted molar refractivity (Wildman–Crippen MR) is 124 cm³/mol. The van der Waals surface area contributed by atoms with E-state index in [0.29, 0.717) is 29.3 Å². The van der Waals surface area contributed by atoms with Gasteiger partial charge in [0.05, 0.1) is 18.4 Å². The number of allylic oxidation sites excluding steroid dienone is 1. The van der Waals surface area contributed by atoms with Crippen molar-refractivity contribution in [2.24, 2.45) is 0 Å². The number of benzene rings is 2. The number of carbonyl (C=O) groups is 2. The molecule has 0 bridgehead atoms. The molecule has 1 amide bonds. The fourth-order valence-corrected chi connectivity index (χ4v) is 3.13. The number of methoxy groups -OCH3 is 1. The lowest BCUT2D eigenvalue weighted by Gasteiger charge is -2.12. The van der Waals surface area contributed by atoms with Crippen molar-refractivity contribution in [1.29, 1.82) is 0 Å². The molecule has 0 saturated carbocycles. The Bertz CT molecular complexity index is 1150. The summed E-state index contributed by atoms with van der Waals surface area (Å²) in [5.74, 6) is 0.530. The molecule has 0 aliphatic rings. The number of aromatic nitrogens is 2. The van der Waals surface area contributed by atoms with E-state index in [4.69, 9.17) is 9.47 Å². The molecule has 0 spiro atoms. The first-order valence-electron chi connectivity index (χ1n) is 10.3. The molecular weight excluding hydrogens is 406 g/mol. The second-order valence-electron chi connectivity index (χ2n) is 7.24. The Labute approximate surface area is 187 Å². The molecule has 0 radical (unpaired) electrons. The largest absolute Gasteiger partial charge is 0.493 e. The summed E-state index contributed by atoms with van der Waals surface area (Å²) < 4.78 is 12.8. The number of ether oxygens (including phenoxy) is 2. The van der Waals surface area contributed by atoms with Crippen molar-refractivity contribution in [3.8, 4) is 11.5 Å². The predicted octanol–water partition coefficient (Wildman–Crippen LogP) is 4.44. The molecule has 0 saturated heterocycles. The fourth-order valence-electron chi connectivity index (χ4n) is 3.13. The average Bonchev–Trinajstić information content (AvgIpc) is 3.18. The molecule has 7 nitrogen and oxygen atoms in total. The number of aryl methyl sites for hydroxylation is 3. The smallest absolute Gasteiger partial charge is 0.262 e. The Balaban J connectivity index is 1.64. The molecule has 32 heavy (non-hydrogen) atoms. The van der Waals surface area contributed by atoms with E-state index in [0.717, 1.165) is 16.8 Å². The van der Waals surface area contributed by atoms with Crippen molar-refractivity contribution in [3.63, 3.8) is 0 Å². The number of hydrogen-bond acceptors (Lipinski definition) is 5. The summed E-state index contributed by atoms with van der Waals surface area (Å²) in [7, 11) is 1.52. The van der Waals surface area contributed by atoms with Crippen LogP contribution < -0.4 is 14.8 Å². The topological polar surface area (TPSA) is 82.5 Å². The van der Waals surface area contributed by atoms with Gasteiger partial charge in [0.25, 0.3) is 5.91 Å². The minimum Gasteiger partial charge on any atom is -0.493 e. The van der Waals surface area contributed by atoms with E-state index in [2.05, 4.69) is 10.4 Å². The molecule has 1 heterocycles. The van der Waals surface area contributed by atoms with E-state index < -0.39 is 0 Å². The lowest BCUT2D eigenvalue weighted by atomic mass is 10.1. The van der Waals surface area contributed by atoms with Gasteiger partial charge >= 0.3 is 0 Å². The standard InChI is InChI=1S/C25H27N3O4/c1-5-28-15-20(18(3)27-28)22(29)12-10-19-11-13-23(24(14-19)31-4)32-16-25(30)26-21-9-7-6-8-17(21)2/h6-15H,5,16H2,1-4H3,(H,26,30)/b12-10+. The minimum atomic E-state index is -0.265. The molecule has 7 heteroatoms. The maximum atomic E-state index is 12.5. The van der Waals surface area contributed by atoms with Gasteiger partial charge in [-0.15, -0.1) is 0 Å². The zero-order valence-electron chi connectivity index (χ0n) is 18.7. The van der Waals surface area contributed by atoms with E-state index >= 15 is 0 Å². The van der Waals surface area contributed by atoms with Crippen LogP contribution in [0.5, 0.6) is 11.5 Å². The van der Waals surface area contributed by atoms with Crippen molar-refractivity contribution in [1.82, 2.24) is 9.78 Å². The summed E-state index contributed by atoms with van der Waals surface area (Å²) in [5, 5.41) is 7.13. The number of rotatable bonds is 9. The van der Waals surface area contributed by atoms with Gasteiger partial charge in [-0.2, -0.15) is 5.10 Å². The second kappa shape index (κ2) is 10.4. The van der Waals surface area contributed by atoms with Crippen LogP contribution in [0.15, 0.2) is 54.7 Å². The summed E-state index contributed by atoms with van der Waals surface area (Å²) in [5.41, 5.74) is 3.77. The van der Waals surface area contributed by atoms with Gasteiger partial charge in [-0.25, -0.2) is 0 Å². The Kier molecular flexibility index (Phi) is 7.44. The van der Waals surface area contributed by atoms with Crippen LogP contribution in [0.4, 0.5) is 5.69 Å². The van der Waals surface area contributed by atoms with Crippen molar-refractivity contribution in [3.05, 3.63) is 77.1 Å². The van der Waals surface area contributed by atoms with E-state index in [-0.39, 0.29) is 18.3 Å². The first kappa shape index (κ1) is 22.8. The Morgan fingerprint density at radius 2 is 1.91 bits per heavy atom. The van der Waals surface area contributed by atoms with E-state index in [1.807, 2.05) is 45.0 Å². The van der Waals surface area contributed by atoms with Crippen LogP contribution in [0, 0.1) is 13.8 Å². The number of anilines is 1. The van der Waals surface area contributed by atoms with Gasteiger partial charge in [-0.1, -0.05) is 30.3 Å². The van der Waals surface area contributed by atoms with Crippen LogP contribution in [0.2, 0.25) is 0 Å². The number of amides is 1. The van der Waals surface area contributed by atoms with Crippen molar-refractivity contribution >= 4 is 23.5 Å². The van der Waals surface area contributed by atoms with Crippen LogP contribution in [-0.4, -0.2) is 35.2 Å². The fraction of sp³-hybridized carbons (Fsp3) is 0.240. The molecule has 1 N–H and O–H groups in total. The van der Waals surface area contributed by atoms with Crippen LogP contribution >= 0.6 is 0 Å².